The lowest BCUT2D eigenvalue weighted by molar-refractivity contribution is 0.598. The molecule has 0 aromatic heterocycles. The van der Waals surface area contributed by atoms with Crippen LogP contribution < -0.4 is 0 Å². The number of thioether (sulfide) groups is 1. The summed E-state index contributed by atoms with van der Waals surface area (Å²) in [5.41, 5.74) is 0.738. The fourth-order valence-electron chi connectivity index (χ4n) is 2.08. The Balaban J connectivity index is 2.03. The first-order valence-electron chi connectivity index (χ1n) is 7.43. The van der Waals surface area contributed by atoms with Crippen LogP contribution in [-0.2, 0) is 10.0 Å². The van der Waals surface area contributed by atoms with Crippen molar-refractivity contribution in [3.63, 3.8) is 0 Å². The van der Waals surface area contributed by atoms with Crippen LogP contribution in [0.1, 0.15) is 5.56 Å². The zero-order valence-corrected chi connectivity index (χ0v) is 15.4. The van der Waals surface area contributed by atoms with Gasteiger partial charge in [0.2, 0.25) is 0 Å². The molecule has 0 atom stereocenters. The Morgan fingerprint density at radius 1 is 0.800 bits per heavy atom. The van der Waals surface area contributed by atoms with Gasteiger partial charge in [-0.25, -0.2) is 0 Å². The van der Waals surface area contributed by atoms with Crippen molar-refractivity contribution in [2.24, 2.45) is 4.40 Å². The molecule has 0 aliphatic carbocycles. The molecule has 3 aromatic rings. The summed E-state index contributed by atoms with van der Waals surface area (Å²) in [5, 5.41) is 1.03. The van der Waals surface area contributed by atoms with Crippen LogP contribution in [0.4, 0.5) is 0 Å². The van der Waals surface area contributed by atoms with Gasteiger partial charge >= 0.3 is 0 Å². The van der Waals surface area contributed by atoms with Crippen molar-refractivity contribution < 1.29 is 8.42 Å². The third-order valence-corrected chi connectivity index (χ3v) is 5.98. The van der Waals surface area contributed by atoms with Gasteiger partial charge in [0.1, 0.15) is 5.04 Å². The van der Waals surface area contributed by atoms with Crippen LogP contribution in [0.5, 0.6) is 0 Å². The monoisotopic (exact) mass is 387 g/mol. The molecular formula is C19H14ClNO2S2. The quantitative estimate of drug-likeness (QED) is 0.348. The van der Waals surface area contributed by atoms with E-state index in [0.717, 1.165) is 10.5 Å². The summed E-state index contributed by atoms with van der Waals surface area (Å²) in [7, 11) is -3.79. The van der Waals surface area contributed by atoms with Gasteiger partial charge in [-0.05, 0) is 36.4 Å². The van der Waals surface area contributed by atoms with E-state index in [4.69, 9.17) is 11.6 Å². The van der Waals surface area contributed by atoms with Crippen LogP contribution >= 0.6 is 23.4 Å². The van der Waals surface area contributed by atoms with Gasteiger partial charge in [-0.3, -0.25) is 0 Å². The van der Waals surface area contributed by atoms with E-state index < -0.39 is 10.0 Å². The molecule has 6 heteroatoms. The first-order chi connectivity index (χ1) is 12.0. The van der Waals surface area contributed by atoms with E-state index in [2.05, 4.69) is 4.40 Å². The highest BCUT2D eigenvalue weighted by Gasteiger charge is 2.16. The summed E-state index contributed by atoms with van der Waals surface area (Å²) >= 11 is 7.20. The van der Waals surface area contributed by atoms with Crippen molar-refractivity contribution in [2.75, 3.05) is 0 Å². The largest absolute Gasteiger partial charge is 0.283 e. The summed E-state index contributed by atoms with van der Waals surface area (Å²) < 4.78 is 29.4. The molecule has 0 aliphatic rings. The second-order valence-electron chi connectivity index (χ2n) is 5.11. The number of nitrogens with zero attached hydrogens (tertiary/aromatic N) is 1. The maximum Gasteiger partial charge on any atom is 0.283 e. The average Bonchev–Trinajstić information content (AvgIpc) is 2.64. The lowest BCUT2D eigenvalue weighted by Crippen LogP contribution is -2.03. The minimum atomic E-state index is -3.79. The molecule has 25 heavy (non-hydrogen) atoms. The first kappa shape index (κ1) is 17.7. The second kappa shape index (κ2) is 7.87. The van der Waals surface area contributed by atoms with Crippen LogP contribution in [-0.4, -0.2) is 13.5 Å². The van der Waals surface area contributed by atoms with Crippen LogP contribution in [0.25, 0.3) is 0 Å². The van der Waals surface area contributed by atoms with Crippen molar-refractivity contribution in [2.45, 2.75) is 9.79 Å². The predicted octanol–water partition coefficient (Wildman–Crippen LogP) is 5.27. The molecule has 0 fully saturated rings. The summed E-state index contributed by atoms with van der Waals surface area (Å²) in [6, 6.07) is 24.6. The summed E-state index contributed by atoms with van der Waals surface area (Å²) in [6.45, 7) is 0. The van der Waals surface area contributed by atoms with Crippen LogP contribution in [0.15, 0.2) is 99.1 Å². The lowest BCUT2D eigenvalue weighted by Gasteiger charge is -2.07. The molecule has 3 nitrogen and oxygen atoms in total. The molecule has 0 radical (unpaired) electrons. The maximum absolute atomic E-state index is 12.6. The fraction of sp³-hybridized carbons (Fsp3) is 0. The van der Waals surface area contributed by atoms with Gasteiger partial charge in [0.15, 0.2) is 0 Å². The maximum atomic E-state index is 12.6. The number of halogens is 1. The number of rotatable bonds is 4. The standard InChI is InChI=1S/C19H14ClNO2S2/c20-16-11-13-17(14-12-16)24-19(15-7-3-1-4-8-15)21-25(22,23)18-9-5-2-6-10-18/h1-14H/b21-19+. The van der Waals surface area contributed by atoms with Crippen LogP contribution in [0.3, 0.4) is 0 Å². The molecule has 0 heterocycles. The Hall–Kier alpha value is -2.08. The Morgan fingerprint density at radius 2 is 1.36 bits per heavy atom. The number of hydrogen-bond donors (Lipinski definition) is 0. The van der Waals surface area contributed by atoms with E-state index in [9.17, 15) is 8.42 Å². The van der Waals surface area contributed by atoms with Crippen molar-refractivity contribution in [3.05, 3.63) is 95.5 Å². The molecule has 0 spiro atoms. The number of hydrogen-bond acceptors (Lipinski definition) is 3. The van der Waals surface area contributed by atoms with E-state index in [1.165, 1.54) is 23.9 Å². The molecule has 0 amide bonds. The fourth-order valence-corrected chi connectivity index (χ4v) is 4.33. The van der Waals surface area contributed by atoms with Crippen molar-refractivity contribution in [1.29, 1.82) is 0 Å². The number of sulfonamides is 1. The molecule has 126 valence electrons. The van der Waals surface area contributed by atoms with Gasteiger partial charge in [-0.1, -0.05) is 71.9 Å². The molecule has 0 aliphatic heterocycles. The topological polar surface area (TPSA) is 46.5 Å². The normalized spacial score (nSPS) is 12.1. The first-order valence-corrected chi connectivity index (χ1v) is 10.1. The average molecular weight is 388 g/mol. The molecular weight excluding hydrogens is 374 g/mol. The van der Waals surface area contributed by atoms with E-state index in [1.807, 2.05) is 42.5 Å². The van der Waals surface area contributed by atoms with Crippen LogP contribution in [0, 0.1) is 0 Å². The zero-order chi connectivity index (χ0) is 17.7. The smallest absolute Gasteiger partial charge is 0.199 e. The highest BCUT2D eigenvalue weighted by atomic mass is 35.5. The predicted molar refractivity (Wildman–Crippen MR) is 104 cm³/mol. The van der Waals surface area contributed by atoms with E-state index in [1.54, 1.807) is 30.3 Å². The summed E-state index contributed by atoms with van der Waals surface area (Å²) in [4.78, 5) is 1.02. The Labute approximate surface area is 156 Å². The van der Waals surface area contributed by atoms with Crippen molar-refractivity contribution >= 4 is 38.4 Å². The molecule has 0 saturated carbocycles. The summed E-state index contributed by atoms with van der Waals surface area (Å²) in [6.07, 6.45) is 0. The summed E-state index contributed by atoms with van der Waals surface area (Å²) in [5.74, 6) is 0. The third-order valence-electron chi connectivity index (χ3n) is 3.29. The van der Waals surface area contributed by atoms with E-state index >= 15 is 0 Å². The Bertz CT molecular complexity index is 971. The van der Waals surface area contributed by atoms with Gasteiger partial charge in [-0.15, -0.1) is 0 Å². The Morgan fingerprint density at radius 3 is 1.96 bits per heavy atom. The zero-order valence-electron chi connectivity index (χ0n) is 13.0. The van der Waals surface area contributed by atoms with E-state index in [-0.39, 0.29) is 4.90 Å². The Kier molecular flexibility index (Phi) is 5.58. The highest BCUT2D eigenvalue weighted by Crippen LogP contribution is 2.27. The highest BCUT2D eigenvalue weighted by molar-refractivity contribution is 8.15. The minimum absolute atomic E-state index is 0.167. The minimum Gasteiger partial charge on any atom is -0.199 e. The van der Waals surface area contributed by atoms with Gasteiger partial charge in [-0.2, -0.15) is 12.8 Å². The number of benzene rings is 3. The molecule has 3 aromatic carbocycles. The van der Waals surface area contributed by atoms with Gasteiger partial charge in [0.05, 0.1) is 4.90 Å². The molecule has 0 saturated heterocycles. The van der Waals surface area contributed by atoms with Gasteiger partial charge < -0.3 is 0 Å². The second-order valence-corrected chi connectivity index (χ2v) is 8.21. The molecule has 0 N–H and O–H groups in total. The molecule has 0 bridgehead atoms. The van der Waals surface area contributed by atoms with Gasteiger partial charge in [0.25, 0.3) is 10.0 Å². The van der Waals surface area contributed by atoms with Crippen molar-refractivity contribution in [1.82, 2.24) is 0 Å². The van der Waals surface area contributed by atoms with Gasteiger partial charge in [0, 0.05) is 15.5 Å². The molecule has 0 unspecified atom stereocenters. The SMILES string of the molecule is O=S(=O)(/N=C(/Sc1ccc(Cl)cc1)c1ccccc1)c1ccccc1. The lowest BCUT2D eigenvalue weighted by atomic mass is 10.2. The van der Waals surface area contributed by atoms with Crippen molar-refractivity contribution in [3.8, 4) is 0 Å². The van der Waals surface area contributed by atoms with Crippen LogP contribution in [0.2, 0.25) is 5.02 Å². The van der Waals surface area contributed by atoms with E-state index in [0.29, 0.717) is 10.1 Å². The third kappa shape index (κ3) is 4.72. The molecule has 3 rings (SSSR count).